The quantitative estimate of drug-likeness (QED) is 0.413. The van der Waals surface area contributed by atoms with E-state index in [1.54, 1.807) is 6.20 Å². The monoisotopic (exact) mass is 126 g/mol. The highest BCUT2D eigenvalue weighted by Crippen LogP contribution is 1.86. The maximum atomic E-state index is 6.90. The van der Waals surface area contributed by atoms with Gasteiger partial charge in [0.1, 0.15) is 11.3 Å². The number of nitrogens with one attached hydrogen (secondary N) is 1. The van der Waals surface area contributed by atoms with Gasteiger partial charge in [-0.25, -0.2) is 4.98 Å². The number of H-pyrrole nitrogens is 1. The molecule has 0 bridgehead atoms. The van der Waals surface area contributed by atoms with Gasteiger partial charge in [-0.2, -0.15) is 0 Å². The second-order valence-electron chi connectivity index (χ2n) is 1.29. The van der Waals surface area contributed by atoms with Gasteiger partial charge in [-0.1, -0.05) is 15.1 Å². The van der Waals surface area contributed by atoms with Crippen LogP contribution in [-0.2, 0) is 0 Å². The van der Waals surface area contributed by atoms with Gasteiger partial charge in [0.2, 0.25) is 0 Å². The molecule has 1 unspecified atom stereocenters. The third-order valence-electron chi connectivity index (χ3n) is 0.731. The van der Waals surface area contributed by atoms with Crippen molar-refractivity contribution in [3.8, 4) is 12.3 Å². The first-order valence-electron chi connectivity index (χ1n) is 2.56. The minimum atomic E-state index is -0.0583. The first kappa shape index (κ1) is 4.12. The minimum Gasteiger partial charge on any atom is -0.332 e. The van der Waals surface area contributed by atoms with Crippen molar-refractivity contribution >= 4 is 14.8 Å². The molecule has 0 aliphatic rings. The number of terminal acetylenes is 1. The Balaban J connectivity index is 2.90. The molecule has 1 heterocycles. The molecule has 0 spiro atoms. The molecular formula is C5H5N2P. The van der Waals surface area contributed by atoms with Crippen LogP contribution in [0.25, 0.3) is 0 Å². The molecule has 0 aliphatic heterocycles. The zero-order valence-corrected chi connectivity index (χ0v) is 5.10. The first-order valence-corrected chi connectivity index (χ1v) is 2.56. The standard InChI is InChI=1S/C5H5N2P/c1-2-4-3-6-5(8)7-4/h1,3H,8H2,(H,6,7)/i8T. The second kappa shape index (κ2) is 1.98. The number of nitrogens with zero attached hydrogens (tertiary/aromatic N) is 1. The van der Waals surface area contributed by atoms with Gasteiger partial charge in [-0.05, 0) is 0 Å². The van der Waals surface area contributed by atoms with Gasteiger partial charge < -0.3 is 4.98 Å². The van der Waals surface area contributed by atoms with Gasteiger partial charge in [0, 0.05) is 0 Å². The summed E-state index contributed by atoms with van der Waals surface area (Å²) in [6.07, 6.45) is 6.59. The lowest BCUT2D eigenvalue weighted by molar-refractivity contribution is 1.40. The van der Waals surface area contributed by atoms with Gasteiger partial charge in [0.05, 0.1) is 7.48 Å². The average molecular weight is 126 g/mol. The van der Waals surface area contributed by atoms with Crippen LogP contribution in [0.15, 0.2) is 6.20 Å². The molecule has 1 aromatic rings. The minimum absolute atomic E-state index is 0.0583. The van der Waals surface area contributed by atoms with E-state index in [4.69, 9.17) is 7.70 Å². The number of hydrogen-bond donors (Lipinski definition) is 1. The van der Waals surface area contributed by atoms with Gasteiger partial charge in [-0.15, -0.1) is 6.42 Å². The summed E-state index contributed by atoms with van der Waals surface area (Å²) in [5, 5.41) is 0. The van der Waals surface area contributed by atoms with Crippen LogP contribution in [-0.4, -0.2) is 11.2 Å². The molecule has 1 N–H and O–H groups in total. The summed E-state index contributed by atoms with van der Waals surface area (Å²) >= 11 is 0. The number of hydrogen-bond acceptors (Lipinski definition) is 1. The Kier molecular flexibility index (Phi) is 1.02. The molecule has 40 valence electrons. The maximum Gasteiger partial charge on any atom is 0.123 e. The molecule has 0 aliphatic carbocycles. The Morgan fingerprint density at radius 3 is 3.38 bits per heavy atom. The summed E-state index contributed by atoms with van der Waals surface area (Å²) in [5.41, 5.74) is 1.28. The van der Waals surface area contributed by atoms with E-state index in [1.807, 2.05) is 0 Å². The number of aromatic amines is 1. The maximum absolute atomic E-state index is 6.90. The van der Waals surface area contributed by atoms with Crippen molar-refractivity contribution in [2.75, 3.05) is 0 Å². The zero-order chi connectivity index (χ0) is 6.69. The third kappa shape index (κ3) is 0.882. The normalized spacial score (nSPS) is 11.6. The van der Waals surface area contributed by atoms with Crippen molar-refractivity contribution in [3.05, 3.63) is 11.9 Å². The first-order chi connectivity index (χ1) is 4.36. The van der Waals surface area contributed by atoms with Crippen LogP contribution in [0.4, 0.5) is 0 Å². The van der Waals surface area contributed by atoms with E-state index in [0.29, 0.717) is 11.3 Å². The van der Waals surface area contributed by atoms with E-state index in [-0.39, 0.29) is 9.18 Å². The average Bonchev–Trinajstić information content (AvgIpc) is 2.34. The highest BCUT2D eigenvalue weighted by molar-refractivity contribution is 7.26. The van der Waals surface area contributed by atoms with Crippen LogP contribution in [0.2, 0.25) is 0 Å². The van der Waals surface area contributed by atoms with Crippen molar-refractivity contribution in [2.24, 2.45) is 0 Å². The fourth-order valence-electron chi connectivity index (χ4n) is 0.395. The van der Waals surface area contributed by atoms with Crippen LogP contribution < -0.4 is 5.57 Å². The molecule has 2 nitrogen and oxygen atoms in total. The summed E-state index contributed by atoms with van der Waals surface area (Å²) in [4.78, 5) is 6.62. The summed E-state index contributed by atoms with van der Waals surface area (Å²) < 4.78 is 6.90. The molecule has 3 heteroatoms. The van der Waals surface area contributed by atoms with E-state index in [1.165, 1.54) is 0 Å². The Hall–Kier alpha value is -0.800. The largest absolute Gasteiger partial charge is 0.332 e. The van der Waals surface area contributed by atoms with E-state index in [2.05, 4.69) is 15.9 Å². The van der Waals surface area contributed by atoms with Gasteiger partial charge in [-0.3, -0.25) is 0 Å². The molecule has 8 heavy (non-hydrogen) atoms. The van der Waals surface area contributed by atoms with Crippen molar-refractivity contribution in [2.45, 2.75) is 0 Å². The number of aromatic nitrogens is 2. The topological polar surface area (TPSA) is 28.7 Å². The van der Waals surface area contributed by atoms with E-state index in [9.17, 15) is 0 Å². The SMILES string of the molecule is [3H]Pc1ncc(C#C)[nH]1. The van der Waals surface area contributed by atoms with E-state index >= 15 is 0 Å². The molecule has 0 radical (unpaired) electrons. The predicted octanol–water partition coefficient (Wildman–Crippen LogP) is -0.109. The molecule has 1 aromatic heterocycles. The van der Waals surface area contributed by atoms with Crippen molar-refractivity contribution in [3.63, 3.8) is 0 Å². The smallest absolute Gasteiger partial charge is 0.123 e. The highest BCUT2D eigenvalue weighted by Gasteiger charge is 1.87. The third-order valence-corrected chi connectivity index (χ3v) is 0.985. The molecule has 1 rings (SSSR count). The summed E-state index contributed by atoms with van der Waals surface area (Å²) in [5.74, 6) is 2.38. The number of rotatable bonds is 1. The summed E-state index contributed by atoms with van der Waals surface area (Å²) in [6, 6.07) is 0. The zero-order valence-electron chi connectivity index (χ0n) is 5.10. The summed E-state index contributed by atoms with van der Waals surface area (Å²) in [6.45, 7) is 0. The van der Waals surface area contributed by atoms with Crippen LogP contribution in [0.3, 0.4) is 0 Å². The fourth-order valence-corrected chi connectivity index (χ4v) is 0.594. The van der Waals surface area contributed by atoms with Gasteiger partial charge in [0.15, 0.2) is 0 Å². The number of imidazole rings is 1. The lowest BCUT2D eigenvalue weighted by atomic mass is 10.5. The van der Waals surface area contributed by atoms with Gasteiger partial charge >= 0.3 is 0 Å². The Bertz CT molecular complexity index is 237. The summed E-state index contributed by atoms with van der Waals surface area (Å²) in [7, 11) is -0.0583. The molecule has 0 saturated carbocycles. The van der Waals surface area contributed by atoms with E-state index in [0.717, 1.165) is 0 Å². The molecule has 0 fully saturated rings. The van der Waals surface area contributed by atoms with Crippen molar-refractivity contribution < 1.29 is 0 Å². The molecule has 0 saturated heterocycles. The second-order valence-corrected chi connectivity index (χ2v) is 1.76. The van der Waals surface area contributed by atoms with Crippen molar-refractivity contribution in [1.29, 1.82) is 1.28 Å². The van der Waals surface area contributed by atoms with Crippen LogP contribution in [0.5, 0.6) is 0 Å². The lowest BCUT2D eigenvalue weighted by Crippen LogP contribution is -1.92. The molecular weight excluding hydrogens is 119 g/mol. The predicted molar refractivity (Wildman–Crippen MR) is 35.9 cm³/mol. The van der Waals surface area contributed by atoms with Crippen molar-refractivity contribution in [1.82, 2.24) is 9.97 Å². The van der Waals surface area contributed by atoms with Gasteiger partial charge in [0.25, 0.3) is 0 Å². The molecule has 0 aromatic carbocycles. The Morgan fingerprint density at radius 2 is 3.00 bits per heavy atom. The highest BCUT2D eigenvalue weighted by atomic mass is 31.0. The Morgan fingerprint density at radius 1 is 2.12 bits per heavy atom. The van der Waals surface area contributed by atoms with Crippen LogP contribution >= 0.6 is 9.18 Å². The fraction of sp³-hybridized carbons (Fsp3) is 0. The van der Waals surface area contributed by atoms with E-state index < -0.39 is 0 Å². The lowest BCUT2D eigenvalue weighted by Gasteiger charge is -1.74. The Labute approximate surface area is 51.2 Å². The van der Waals surface area contributed by atoms with Crippen LogP contribution in [0.1, 0.15) is 5.69 Å². The van der Waals surface area contributed by atoms with Crippen LogP contribution in [0, 0.1) is 12.3 Å². The molecule has 1 atom stereocenters. The molecule has 0 amide bonds.